The van der Waals surface area contributed by atoms with E-state index < -0.39 is 0 Å². The van der Waals surface area contributed by atoms with Crippen LogP contribution < -0.4 is 4.74 Å². The van der Waals surface area contributed by atoms with Gasteiger partial charge < -0.3 is 4.74 Å². The van der Waals surface area contributed by atoms with Crippen LogP contribution in [0.5, 0.6) is 5.75 Å². The summed E-state index contributed by atoms with van der Waals surface area (Å²) in [6.07, 6.45) is 2.31. The van der Waals surface area contributed by atoms with Crippen LogP contribution in [0, 0.1) is 0 Å². The van der Waals surface area contributed by atoms with E-state index in [1.54, 1.807) is 7.11 Å². The van der Waals surface area contributed by atoms with Crippen LogP contribution >= 0.6 is 0 Å². The van der Waals surface area contributed by atoms with E-state index in [-0.39, 0.29) is 0 Å². The number of hydrogen-bond acceptors (Lipinski definition) is 2. The van der Waals surface area contributed by atoms with Crippen molar-refractivity contribution in [2.24, 2.45) is 0 Å². The highest BCUT2D eigenvalue weighted by Crippen LogP contribution is 2.25. The number of hydrogen-bond donors (Lipinski definition) is 0. The molecule has 0 amide bonds. The fraction of sp³-hybridized carbons (Fsp3) is 0.429. The maximum Gasteiger partial charge on any atom is 0.119 e. The average Bonchev–Trinajstić information content (AvgIpc) is 2.61. The van der Waals surface area contributed by atoms with Crippen molar-refractivity contribution in [2.75, 3.05) is 13.7 Å². The Morgan fingerprint density at radius 2 is 1.87 bits per heavy atom. The van der Waals surface area contributed by atoms with Crippen molar-refractivity contribution < 1.29 is 4.74 Å². The summed E-state index contributed by atoms with van der Waals surface area (Å²) in [4.78, 5) is 2.53. The van der Waals surface area contributed by atoms with Gasteiger partial charge in [0.15, 0.2) is 0 Å². The molecule has 1 aliphatic rings. The maximum absolute atomic E-state index is 5.33. The molecule has 23 heavy (non-hydrogen) atoms. The zero-order chi connectivity index (χ0) is 16.2. The molecule has 0 aliphatic carbocycles. The van der Waals surface area contributed by atoms with Gasteiger partial charge >= 0.3 is 0 Å². The van der Waals surface area contributed by atoms with Gasteiger partial charge in [0, 0.05) is 19.6 Å². The monoisotopic (exact) mass is 309 g/mol. The van der Waals surface area contributed by atoms with E-state index in [1.807, 2.05) is 0 Å². The van der Waals surface area contributed by atoms with Gasteiger partial charge in [-0.25, -0.2) is 0 Å². The van der Waals surface area contributed by atoms with Crippen LogP contribution in [0.25, 0.3) is 0 Å². The number of benzene rings is 2. The average molecular weight is 309 g/mol. The summed E-state index contributed by atoms with van der Waals surface area (Å²) in [6, 6.07) is 15.7. The second-order valence-electron chi connectivity index (χ2n) is 6.65. The third-order valence-corrected chi connectivity index (χ3v) is 5.07. The first-order chi connectivity index (χ1) is 11.2. The molecular formula is C21H27NO. The highest BCUT2D eigenvalue weighted by atomic mass is 16.5. The van der Waals surface area contributed by atoms with Crippen LogP contribution in [0.3, 0.4) is 0 Å². The van der Waals surface area contributed by atoms with E-state index in [4.69, 9.17) is 4.74 Å². The van der Waals surface area contributed by atoms with E-state index in [0.29, 0.717) is 5.92 Å². The quantitative estimate of drug-likeness (QED) is 0.789. The third kappa shape index (κ3) is 3.76. The first kappa shape index (κ1) is 16.1. The largest absolute Gasteiger partial charge is 0.497 e. The van der Waals surface area contributed by atoms with Crippen molar-refractivity contribution in [1.82, 2.24) is 4.90 Å². The SMILES string of the molecule is CC[C@@H](C)c1ccc(CN2CCc3cc(OC)ccc3C2)cc1. The Morgan fingerprint density at radius 1 is 1.09 bits per heavy atom. The minimum absolute atomic E-state index is 0.654. The molecule has 1 heterocycles. The standard InChI is InChI=1S/C21H27NO/c1-4-16(2)18-7-5-17(6-8-18)14-22-12-11-19-13-21(23-3)10-9-20(19)15-22/h5-10,13,16H,4,11-12,14-15H2,1-3H3/t16-/m1/s1. The molecule has 1 atom stereocenters. The fourth-order valence-electron chi connectivity index (χ4n) is 3.30. The normalized spacial score (nSPS) is 16.0. The van der Waals surface area contributed by atoms with Crippen molar-refractivity contribution >= 4 is 0 Å². The van der Waals surface area contributed by atoms with E-state index >= 15 is 0 Å². The summed E-state index contributed by atoms with van der Waals surface area (Å²) in [5.41, 5.74) is 5.74. The summed E-state index contributed by atoms with van der Waals surface area (Å²) < 4.78 is 5.33. The Morgan fingerprint density at radius 3 is 2.57 bits per heavy atom. The van der Waals surface area contributed by atoms with Crippen LogP contribution in [-0.2, 0) is 19.5 Å². The lowest BCUT2D eigenvalue weighted by Crippen LogP contribution is -2.30. The summed E-state index contributed by atoms with van der Waals surface area (Å²) >= 11 is 0. The van der Waals surface area contributed by atoms with Gasteiger partial charge in [-0.05, 0) is 53.1 Å². The first-order valence-electron chi connectivity index (χ1n) is 8.66. The molecule has 0 fully saturated rings. The molecular weight excluding hydrogens is 282 g/mol. The van der Waals surface area contributed by atoms with E-state index in [2.05, 4.69) is 61.2 Å². The summed E-state index contributed by atoms with van der Waals surface area (Å²) in [7, 11) is 1.74. The fourth-order valence-corrected chi connectivity index (χ4v) is 3.30. The minimum Gasteiger partial charge on any atom is -0.497 e. The Bertz CT molecular complexity index is 647. The Balaban J connectivity index is 1.65. The molecule has 2 aromatic carbocycles. The predicted octanol–water partition coefficient (Wildman–Crippen LogP) is 4.77. The lowest BCUT2D eigenvalue weighted by Gasteiger charge is -2.29. The van der Waals surface area contributed by atoms with Gasteiger partial charge in [-0.2, -0.15) is 0 Å². The number of methoxy groups -OCH3 is 1. The Labute approximate surface area is 140 Å². The lowest BCUT2D eigenvalue weighted by molar-refractivity contribution is 0.245. The molecule has 2 heteroatoms. The van der Waals surface area contributed by atoms with Gasteiger partial charge in [-0.3, -0.25) is 4.90 Å². The van der Waals surface area contributed by atoms with Gasteiger partial charge in [0.25, 0.3) is 0 Å². The van der Waals surface area contributed by atoms with E-state index in [1.165, 1.54) is 28.7 Å². The molecule has 122 valence electrons. The Hall–Kier alpha value is -1.80. The van der Waals surface area contributed by atoms with Crippen molar-refractivity contribution in [3.05, 3.63) is 64.7 Å². The van der Waals surface area contributed by atoms with Crippen molar-refractivity contribution in [3.63, 3.8) is 0 Å². The molecule has 2 nitrogen and oxygen atoms in total. The molecule has 0 unspecified atom stereocenters. The zero-order valence-electron chi connectivity index (χ0n) is 14.5. The van der Waals surface area contributed by atoms with E-state index in [0.717, 1.165) is 31.8 Å². The molecule has 0 N–H and O–H groups in total. The van der Waals surface area contributed by atoms with Crippen molar-refractivity contribution in [3.8, 4) is 5.75 Å². The van der Waals surface area contributed by atoms with Gasteiger partial charge in [0.2, 0.25) is 0 Å². The minimum atomic E-state index is 0.654. The smallest absolute Gasteiger partial charge is 0.119 e. The van der Waals surface area contributed by atoms with Crippen LogP contribution in [0.1, 0.15) is 48.4 Å². The Kier molecular flexibility index (Phi) is 5.02. The van der Waals surface area contributed by atoms with Crippen molar-refractivity contribution in [1.29, 1.82) is 0 Å². The van der Waals surface area contributed by atoms with Crippen molar-refractivity contribution in [2.45, 2.75) is 45.7 Å². The highest BCUT2D eigenvalue weighted by molar-refractivity contribution is 5.37. The molecule has 3 rings (SSSR count). The first-order valence-corrected chi connectivity index (χ1v) is 8.66. The molecule has 0 aromatic heterocycles. The summed E-state index contributed by atoms with van der Waals surface area (Å²) in [6.45, 7) is 7.73. The van der Waals surface area contributed by atoms with Crippen LogP contribution in [-0.4, -0.2) is 18.6 Å². The molecule has 1 aliphatic heterocycles. The molecule has 0 bridgehead atoms. The molecule has 0 radical (unpaired) electrons. The number of nitrogens with zero attached hydrogens (tertiary/aromatic N) is 1. The zero-order valence-corrected chi connectivity index (χ0v) is 14.5. The number of fused-ring (bicyclic) bond motifs is 1. The predicted molar refractivity (Wildman–Crippen MR) is 96.0 cm³/mol. The van der Waals surface area contributed by atoms with E-state index in [9.17, 15) is 0 Å². The van der Waals surface area contributed by atoms with Gasteiger partial charge in [-0.15, -0.1) is 0 Å². The van der Waals surface area contributed by atoms with Crippen LogP contribution in [0.4, 0.5) is 0 Å². The van der Waals surface area contributed by atoms with Gasteiger partial charge in [-0.1, -0.05) is 44.2 Å². The molecule has 0 saturated heterocycles. The number of ether oxygens (including phenoxy) is 1. The summed E-state index contributed by atoms with van der Waals surface area (Å²) in [5, 5.41) is 0. The van der Waals surface area contributed by atoms with Crippen LogP contribution in [0.15, 0.2) is 42.5 Å². The topological polar surface area (TPSA) is 12.5 Å². The second-order valence-corrected chi connectivity index (χ2v) is 6.65. The molecule has 0 spiro atoms. The second kappa shape index (κ2) is 7.18. The van der Waals surface area contributed by atoms with Gasteiger partial charge in [0.05, 0.1) is 7.11 Å². The lowest BCUT2D eigenvalue weighted by atomic mass is 9.96. The highest BCUT2D eigenvalue weighted by Gasteiger charge is 2.17. The number of rotatable bonds is 5. The molecule has 2 aromatic rings. The third-order valence-electron chi connectivity index (χ3n) is 5.07. The molecule has 0 saturated carbocycles. The maximum atomic E-state index is 5.33. The summed E-state index contributed by atoms with van der Waals surface area (Å²) in [5.74, 6) is 1.62. The van der Waals surface area contributed by atoms with Gasteiger partial charge in [0.1, 0.15) is 5.75 Å². The van der Waals surface area contributed by atoms with Crippen LogP contribution in [0.2, 0.25) is 0 Å².